The zero-order valence-electron chi connectivity index (χ0n) is 13.5. The van der Waals surface area contributed by atoms with Crippen LogP contribution in [-0.4, -0.2) is 17.5 Å². The fourth-order valence-corrected chi connectivity index (χ4v) is 3.91. The molecule has 0 unspecified atom stereocenters. The smallest absolute Gasteiger partial charge is 0.325 e. The maximum absolute atomic E-state index is 12.5. The highest BCUT2D eigenvalue weighted by atomic mass is 19.4. The minimum atomic E-state index is -4.46. The second-order valence-corrected chi connectivity index (χ2v) is 6.99. The molecule has 0 radical (unpaired) electrons. The van der Waals surface area contributed by atoms with Gasteiger partial charge in [0.25, 0.3) is 0 Å². The molecule has 2 aliphatic rings. The molecule has 2 fully saturated rings. The van der Waals surface area contributed by atoms with Crippen LogP contribution in [0.15, 0.2) is 24.3 Å². The van der Waals surface area contributed by atoms with Gasteiger partial charge in [-0.05, 0) is 42.5 Å². The van der Waals surface area contributed by atoms with Gasteiger partial charge in [-0.15, -0.1) is 0 Å². The topological polar surface area (TPSA) is 63.2 Å². The lowest BCUT2D eigenvalue weighted by Crippen LogP contribution is -2.45. The summed E-state index contributed by atoms with van der Waals surface area (Å²) >= 11 is 0. The quantitative estimate of drug-likeness (QED) is 0.824. The van der Waals surface area contributed by atoms with Crippen LogP contribution >= 0.6 is 0 Å². The number of anilines is 1. The number of nitrogens with one attached hydrogen (secondary N) is 1. The maximum atomic E-state index is 12.5. The van der Waals surface area contributed by atoms with E-state index >= 15 is 0 Å². The molecule has 2 saturated carbocycles. The summed E-state index contributed by atoms with van der Waals surface area (Å²) in [4.78, 5) is 37.0. The molecule has 4 nitrogen and oxygen atoms in total. The molecule has 1 aromatic carbocycles. The number of carbonyl (C=O) groups excluding carboxylic acids is 3. The molecule has 2 aliphatic carbocycles. The van der Waals surface area contributed by atoms with Crippen LogP contribution in [0.25, 0.3) is 0 Å². The molecule has 0 heterocycles. The van der Waals surface area contributed by atoms with Crippen LogP contribution in [0, 0.1) is 11.3 Å². The van der Waals surface area contributed by atoms with Crippen molar-refractivity contribution in [2.75, 3.05) is 5.32 Å². The van der Waals surface area contributed by atoms with E-state index in [1.165, 1.54) is 0 Å². The van der Waals surface area contributed by atoms with E-state index in [4.69, 9.17) is 0 Å². The molecule has 0 aliphatic heterocycles. The van der Waals surface area contributed by atoms with Gasteiger partial charge in [0, 0.05) is 18.5 Å². The molecule has 7 heteroatoms. The van der Waals surface area contributed by atoms with Crippen molar-refractivity contribution in [3.63, 3.8) is 0 Å². The third-order valence-electron chi connectivity index (χ3n) is 5.15. The van der Waals surface area contributed by atoms with Crippen LogP contribution < -0.4 is 5.32 Å². The number of rotatable bonds is 2. The molecule has 1 aromatic rings. The van der Waals surface area contributed by atoms with E-state index in [0.29, 0.717) is 0 Å². The third kappa shape index (κ3) is 3.60. The molecule has 134 valence electrons. The summed E-state index contributed by atoms with van der Waals surface area (Å²) in [5.41, 5.74) is -0.988. The van der Waals surface area contributed by atoms with E-state index in [0.717, 1.165) is 49.9 Å². The molecule has 1 spiro atoms. The van der Waals surface area contributed by atoms with E-state index in [9.17, 15) is 27.6 Å². The number of alkyl halides is 3. The van der Waals surface area contributed by atoms with Crippen molar-refractivity contribution < 1.29 is 27.6 Å². The Kier molecular flexibility index (Phi) is 4.43. The Morgan fingerprint density at radius 2 is 1.52 bits per heavy atom. The second kappa shape index (κ2) is 6.28. The lowest BCUT2D eigenvalue weighted by atomic mass is 9.68. The van der Waals surface area contributed by atoms with Crippen LogP contribution in [0.5, 0.6) is 0 Å². The van der Waals surface area contributed by atoms with Crippen LogP contribution in [-0.2, 0) is 20.6 Å². The Bertz CT molecular complexity index is 683. The Hall–Kier alpha value is -2.18. The highest BCUT2D eigenvalue weighted by molar-refractivity contribution is 6.23. The number of Topliss-reactive ketones (excluding diaryl/α,β-unsaturated/α-hetero) is 2. The monoisotopic (exact) mass is 353 g/mol. The van der Waals surface area contributed by atoms with Crippen molar-refractivity contribution >= 4 is 23.2 Å². The summed E-state index contributed by atoms with van der Waals surface area (Å²) in [5.74, 6) is -2.89. The van der Waals surface area contributed by atoms with E-state index in [1.807, 2.05) is 0 Å². The summed E-state index contributed by atoms with van der Waals surface area (Å²) in [6, 6.07) is 3.90. The number of hydrogen-bond donors (Lipinski definition) is 1. The number of carbonyl (C=O) groups is 3. The minimum Gasteiger partial charge on any atom is -0.325 e. The fourth-order valence-electron chi connectivity index (χ4n) is 3.91. The molecule has 0 aromatic heterocycles. The summed E-state index contributed by atoms with van der Waals surface area (Å²) in [7, 11) is 0. The third-order valence-corrected chi connectivity index (χ3v) is 5.15. The lowest BCUT2D eigenvalue weighted by molar-refractivity contribution is -0.145. The first-order chi connectivity index (χ1) is 11.7. The molecule has 0 bridgehead atoms. The molecule has 25 heavy (non-hydrogen) atoms. The number of benzene rings is 1. The zero-order chi connectivity index (χ0) is 18.2. The number of amides is 1. The largest absolute Gasteiger partial charge is 0.416 e. The van der Waals surface area contributed by atoms with Crippen LogP contribution in [0.1, 0.15) is 44.1 Å². The highest BCUT2D eigenvalue weighted by Gasteiger charge is 2.48. The van der Waals surface area contributed by atoms with Crippen LogP contribution in [0.2, 0.25) is 0 Å². The van der Waals surface area contributed by atoms with Crippen LogP contribution in [0.3, 0.4) is 0 Å². The fraction of sp³-hybridized carbons (Fsp3) is 0.500. The van der Waals surface area contributed by atoms with E-state index in [1.54, 1.807) is 0 Å². The maximum Gasteiger partial charge on any atom is 0.416 e. The molecule has 3 rings (SSSR count). The Balaban J connectivity index is 1.69. The Morgan fingerprint density at radius 3 is 2.00 bits per heavy atom. The molecular formula is C18H18F3NO3. The van der Waals surface area contributed by atoms with Gasteiger partial charge in [-0.3, -0.25) is 14.4 Å². The first-order valence-electron chi connectivity index (χ1n) is 8.24. The average molecular weight is 353 g/mol. The van der Waals surface area contributed by atoms with Gasteiger partial charge in [-0.1, -0.05) is 12.8 Å². The first kappa shape index (κ1) is 17.6. The normalized spacial score (nSPS) is 20.9. The van der Waals surface area contributed by atoms with Gasteiger partial charge in [-0.2, -0.15) is 13.2 Å². The van der Waals surface area contributed by atoms with Crippen molar-refractivity contribution in [2.45, 2.75) is 44.7 Å². The van der Waals surface area contributed by atoms with Crippen molar-refractivity contribution in [1.82, 2.24) is 0 Å². The Labute approximate surface area is 142 Å². The summed E-state index contributed by atoms with van der Waals surface area (Å²) in [5, 5.41) is 2.38. The summed E-state index contributed by atoms with van der Waals surface area (Å²) in [6.07, 6.45) is -0.373. The van der Waals surface area contributed by atoms with Crippen molar-refractivity contribution in [1.29, 1.82) is 0 Å². The van der Waals surface area contributed by atoms with Crippen LogP contribution in [0.4, 0.5) is 18.9 Å². The highest BCUT2D eigenvalue weighted by Crippen LogP contribution is 2.48. The number of ketones is 2. The van der Waals surface area contributed by atoms with Gasteiger partial charge in [0.15, 0.2) is 17.5 Å². The lowest BCUT2D eigenvalue weighted by Gasteiger charge is -2.34. The summed E-state index contributed by atoms with van der Waals surface area (Å²) in [6.45, 7) is 0. The van der Waals surface area contributed by atoms with E-state index in [-0.39, 0.29) is 35.5 Å². The average Bonchev–Trinajstić information content (AvgIpc) is 2.93. The van der Waals surface area contributed by atoms with Gasteiger partial charge in [0.2, 0.25) is 5.91 Å². The zero-order valence-corrected chi connectivity index (χ0v) is 13.5. The van der Waals surface area contributed by atoms with Gasteiger partial charge in [0.05, 0.1) is 5.56 Å². The first-order valence-corrected chi connectivity index (χ1v) is 8.24. The van der Waals surface area contributed by atoms with Crippen molar-refractivity contribution in [3.05, 3.63) is 29.8 Å². The van der Waals surface area contributed by atoms with E-state index < -0.39 is 23.6 Å². The van der Waals surface area contributed by atoms with Gasteiger partial charge < -0.3 is 5.32 Å². The number of halogens is 3. The minimum absolute atomic E-state index is 0.125. The SMILES string of the molecule is O=C1CC2(CCCC2)CC(=O)C1C(=O)Nc1ccc(C(F)(F)F)cc1. The Morgan fingerprint density at radius 1 is 1.00 bits per heavy atom. The molecule has 0 atom stereocenters. The van der Waals surface area contributed by atoms with E-state index in [2.05, 4.69) is 5.32 Å². The van der Waals surface area contributed by atoms with Crippen molar-refractivity contribution in [3.8, 4) is 0 Å². The van der Waals surface area contributed by atoms with Gasteiger partial charge in [-0.25, -0.2) is 0 Å². The molecule has 0 saturated heterocycles. The summed E-state index contributed by atoms with van der Waals surface area (Å²) < 4.78 is 37.6. The molecule has 1 amide bonds. The molecule has 1 N–H and O–H groups in total. The molecular weight excluding hydrogens is 335 g/mol. The number of hydrogen-bond acceptors (Lipinski definition) is 3. The second-order valence-electron chi connectivity index (χ2n) is 6.99. The van der Waals surface area contributed by atoms with Gasteiger partial charge in [0.1, 0.15) is 0 Å². The van der Waals surface area contributed by atoms with Crippen molar-refractivity contribution in [2.24, 2.45) is 11.3 Å². The standard InChI is InChI=1S/C18H18F3NO3/c19-18(20,21)11-3-5-12(6-4-11)22-16(25)15-13(23)9-17(10-14(15)24)7-1-2-8-17/h3-6,15H,1-2,7-10H2,(H,22,25). The predicted octanol–water partition coefficient (Wildman–Crippen LogP) is 3.75. The predicted molar refractivity (Wildman–Crippen MR) is 83.7 cm³/mol. The van der Waals surface area contributed by atoms with Gasteiger partial charge >= 0.3 is 6.18 Å².